The van der Waals surface area contributed by atoms with E-state index >= 15 is 0 Å². The standard InChI is InChI=1S/C18H40NO4Si/c1-8-21-24(22-9-2,23-10-3)16-12-15-20-14-11-13-19(17(4)5)18(6)7/h11,17-18H,8-10,12-16H2,1-7H3. The average Bonchev–Trinajstić information content (AvgIpc) is 2.50. The Morgan fingerprint density at radius 3 is 1.79 bits per heavy atom. The molecule has 0 bridgehead atoms. The molecule has 0 aliphatic rings. The van der Waals surface area contributed by atoms with Gasteiger partial charge in [0.2, 0.25) is 0 Å². The van der Waals surface area contributed by atoms with Crippen molar-refractivity contribution in [1.82, 2.24) is 4.90 Å². The molecule has 0 N–H and O–H groups in total. The van der Waals surface area contributed by atoms with Crippen LogP contribution in [0, 0.1) is 6.42 Å². The molecule has 145 valence electrons. The Morgan fingerprint density at radius 2 is 1.38 bits per heavy atom. The van der Waals surface area contributed by atoms with Gasteiger partial charge >= 0.3 is 8.80 Å². The zero-order valence-corrected chi connectivity index (χ0v) is 18.0. The first-order valence-corrected chi connectivity index (χ1v) is 11.4. The van der Waals surface area contributed by atoms with Crippen molar-refractivity contribution in [3.63, 3.8) is 0 Å². The van der Waals surface area contributed by atoms with Gasteiger partial charge in [-0.15, -0.1) is 0 Å². The van der Waals surface area contributed by atoms with Crippen LogP contribution in [0.5, 0.6) is 0 Å². The van der Waals surface area contributed by atoms with E-state index in [4.69, 9.17) is 18.0 Å². The fraction of sp³-hybridized carbons (Fsp3) is 0.944. The SMILES string of the molecule is CCO[Si](CCCOC[CH]CN(C(C)C)C(C)C)(OCC)OCC. The van der Waals surface area contributed by atoms with E-state index < -0.39 is 8.80 Å². The van der Waals surface area contributed by atoms with E-state index in [2.05, 4.69) is 39.0 Å². The Morgan fingerprint density at radius 1 is 0.875 bits per heavy atom. The van der Waals surface area contributed by atoms with Crippen LogP contribution >= 0.6 is 0 Å². The molecule has 0 aromatic rings. The maximum absolute atomic E-state index is 5.85. The highest BCUT2D eigenvalue weighted by Crippen LogP contribution is 2.18. The second kappa shape index (κ2) is 14.2. The molecular weight excluding hydrogens is 322 g/mol. The number of hydrogen-bond donors (Lipinski definition) is 0. The molecule has 0 unspecified atom stereocenters. The minimum absolute atomic E-state index is 0.552. The molecule has 24 heavy (non-hydrogen) atoms. The first-order valence-electron chi connectivity index (χ1n) is 9.49. The highest BCUT2D eigenvalue weighted by Gasteiger charge is 2.39. The molecule has 0 aromatic carbocycles. The van der Waals surface area contributed by atoms with E-state index in [1.54, 1.807) is 0 Å². The van der Waals surface area contributed by atoms with Crippen LogP contribution in [-0.4, -0.2) is 65.4 Å². The van der Waals surface area contributed by atoms with Crippen LogP contribution in [0.15, 0.2) is 0 Å². The van der Waals surface area contributed by atoms with E-state index in [0.717, 1.165) is 19.0 Å². The van der Waals surface area contributed by atoms with Crippen LogP contribution in [0.3, 0.4) is 0 Å². The summed E-state index contributed by atoms with van der Waals surface area (Å²) < 4.78 is 23.3. The van der Waals surface area contributed by atoms with Crippen LogP contribution in [0.2, 0.25) is 6.04 Å². The molecule has 0 rings (SSSR count). The topological polar surface area (TPSA) is 40.2 Å². The lowest BCUT2D eigenvalue weighted by Gasteiger charge is -2.30. The summed E-state index contributed by atoms with van der Waals surface area (Å²) in [5.74, 6) is 0. The molecule has 0 aromatic heterocycles. The molecule has 0 aliphatic carbocycles. The van der Waals surface area contributed by atoms with Crippen LogP contribution < -0.4 is 0 Å². The van der Waals surface area contributed by atoms with Gasteiger partial charge in [0.15, 0.2) is 0 Å². The molecule has 6 heteroatoms. The predicted octanol–water partition coefficient (Wildman–Crippen LogP) is 3.76. The Labute approximate surface area is 151 Å². The summed E-state index contributed by atoms with van der Waals surface area (Å²) in [7, 11) is -2.51. The molecule has 0 fully saturated rings. The summed E-state index contributed by atoms with van der Waals surface area (Å²) in [6.07, 6.45) is 3.11. The lowest BCUT2D eigenvalue weighted by molar-refractivity contribution is 0.0665. The second-order valence-corrected chi connectivity index (χ2v) is 9.07. The molecule has 0 spiro atoms. The fourth-order valence-electron chi connectivity index (χ4n) is 2.78. The van der Waals surface area contributed by atoms with Crippen LogP contribution in [0.25, 0.3) is 0 Å². The number of nitrogens with zero attached hydrogens (tertiary/aromatic N) is 1. The molecule has 0 saturated heterocycles. The van der Waals surface area contributed by atoms with E-state index in [0.29, 0.717) is 45.1 Å². The summed E-state index contributed by atoms with van der Waals surface area (Å²) in [5, 5.41) is 0. The van der Waals surface area contributed by atoms with Crippen molar-refractivity contribution >= 4 is 8.80 Å². The number of rotatable bonds is 16. The van der Waals surface area contributed by atoms with Gasteiger partial charge in [-0.3, -0.25) is 4.90 Å². The summed E-state index contributed by atoms with van der Waals surface area (Å²) >= 11 is 0. The summed E-state index contributed by atoms with van der Waals surface area (Å²) in [4.78, 5) is 2.45. The van der Waals surface area contributed by atoms with E-state index in [1.807, 2.05) is 20.8 Å². The lowest BCUT2D eigenvalue weighted by Crippen LogP contribution is -2.46. The van der Waals surface area contributed by atoms with E-state index in [9.17, 15) is 0 Å². The first-order chi connectivity index (χ1) is 11.4. The van der Waals surface area contributed by atoms with Crippen LogP contribution in [0.4, 0.5) is 0 Å². The zero-order valence-electron chi connectivity index (χ0n) is 17.0. The van der Waals surface area contributed by atoms with Crippen molar-refractivity contribution in [3.05, 3.63) is 6.42 Å². The van der Waals surface area contributed by atoms with Crippen LogP contribution in [0.1, 0.15) is 54.9 Å². The summed E-state index contributed by atoms with van der Waals surface area (Å²) in [6.45, 7) is 19.1. The van der Waals surface area contributed by atoms with Gasteiger partial charge in [0.05, 0.1) is 6.61 Å². The van der Waals surface area contributed by atoms with Gasteiger partial charge in [-0.2, -0.15) is 0 Å². The highest BCUT2D eigenvalue weighted by molar-refractivity contribution is 6.60. The van der Waals surface area contributed by atoms with Crippen molar-refractivity contribution in [3.8, 4) is 0 Å². The average molecular weight is 363 g/mol. The number of ether oxygens (including phenoxy) is 1. The van der Waals surface area contributed by atoms with E-state index in [1.165, 1.54) is 0 Å². The molecule has 5 nitrogen and oxygen atoms in total. The predicted molar refractivity (Wildman–Crippen MR) is 102 cm³/mol. The second-order valence-electron chi connectivity index (χ2n) is 6.33. The smallest absolute Gasteiger partial charge is 0.381 e. The van der Waals surface area contributed by atoms with Crippen LogP contribution in [-0.2, 0) is 18.0 Å². The third-order valence-electron chi connectivity index (χ3n) is 3.77. The minimum atomic E-state index is -2.51. The molecule has 0 heterocycles. The molecule has 0 amide bonds. The Balaban J connectivity index is 4.00. The van der Waals surface area contributed by atoms with Gasteiger partial charge in [0.1, 0.15) is 0 Å². The molecule has 0 saturated carbocycles. The van der Waals surface area contributed by atoms with Gasteiger partial charge in [-0.1, -0.05) is 0 Å². The normalized spacial score (nSPS) is 12.8. The largest absolute Gasteiger partial charge is 0.501 e. The molecule has 1 radical (unpaired) electrons. The van der Waals surface area contributed by atoms with Gasteiger partial charge in [0.25, 0.3) is 0 Å². The maximum Gasteiger partial charge on any atom is 0.501 e. The molecular formula is C18H40NO4Si. The van der Waals surface area contributed by atoms with Crippen molar-refractivity contribution < 1.29 is 18.0 Å². The Bertz CT molecular complexity index is 265. The minimum Gasteiger partial charge on any atom is -0.381 e. The number of hydrogen-bond acceptors (Lipinski definition) is 5. The summed E-state index contributed by atoms with van der Waals surface area (Å²) in [6, 6.07) is 1.92. The Hall–Kier alpha value is 0.0169. The van der Waals surface area contributed by atoms with Gasteiger partial charge in [0, 0.05) is 57.5 Å². The van der Waals surface area contributed by atoms with Gasteiger partial charge in [-0.05, 0) is 54.9 Å². The van der Waals surface area contributed by atoms with E-state index in [-0.39, 0.29) is 0 Å². The third kappa shape index (κ3) is 10.1. The first kappa shape index (κ1) is 24.0. The van der Waals surface area contributed by atoms with Crippen molar-refractivity contribution in [1.29, 1.82) is 0 Å². The Kier molecular flexibility index (Phi) is 14.2. The lowest BCUT2D eigenvalue weighted by atomic mass is 10.2. The van der Waals surface area contributed by atoms with Gasteiger partial charge < -0.3 is 18.0 Å². The molecule has 0 aliphatic heterocycles. The zero-order chi connectivity index (χ0) is 18.4. The molecule has 0 atom stereocenters. The van der Waals surface area contributed by atoms with Crippen molar-refractivity contribution in [2.45, 2.75) is 73.0 Å². The van der Waals surface area contributed by atoms with Gasteiger partial charge in [-0.25, -0.2) is 0 Å². The third-order valence-corrected chi connectivity index (χ3v) is 6.92. The quantitative estimate of drug-likeness (QED) is 0.309. The summed E-state index contributed by atoms with van der Waals surface area (Å²) in [5.41, 5.74) is 0. The van der Waals surface area contributed by atoms with Crippen molar-refractivity contribution in [2.24, 2.45) is 0 Å². The fourth-order valence-corrected chi connectivity index (χ4v) is 5.36. The van der Waals surface area contributed by atoms with Crippen molar-refractivity contribution in [2.75, 3.05) is 39.6 Å². The monoisotopic (exact) mass is 362 g/mol. The maximum atomic E-state index is 5.85. The highest BCUT2D eigenvalue weighted by atomic mass is 28.4.